The maximum Gasteiger partial charge on any atom is 0.419 e. The molecule has 5 nitrogen and oxygen atoms in total. The fourth-order valence-corrected chi connectivity index (χ4v) is 1.16. The molecule has 0 aliphatic rings. The lowest BCUT2D eigenvalue weighted by molar-refractivity contribution is 0.0536. The number of aromatic nitrogens is 2. The fourth-order valence-electron chi connectivity index (χ4n) is 1.16. The first-order valence-corrected chi connectivity index (χ1v) is 5.33. The summed E-state index contributed by atoms with van der Waals surface area (Å²) in [5.41, 5.74) is 0.396. The van der Waals surface area contributed by atoms with E-state index in [1.165, 1.54) is 10.9 Å². The lowest BCUT2D eigenvalue weighted by Crippen LogP contribution is -2.26. The average molecular weight is 225 g/mol. The van der Waals surface area contributed by atoms with Crippen molar-refractivity contribution < 1.29 is 9.53 Å². The zero-order chi connectivity index (χ0) is 12.2. The van der Waals surface area contributed by atoms with Gasteiger partial charge < -0.3 is 10.1 Å². The normalized spacial score (nSPS) is 11.5. The van der Waals surface area contributed by atoms with Gasteiger partial charge in [-0.05, 0) is 27.8 Å². The number of rotatable bonds is 3. The van der Waals surface area contributed by atoms with Crippen molar-refractivity contribution in [3.8, 4) is 0 Å². The topological polar surface area (TPSA) is 56.2 Å². The second-order valence-corrected chi connectivity index (χ2v) is 4.61. The molecule has 0 unspecified atom stereocenters. The first-order valence-electron chi connectivity index (χ1n) is 5.33. The summed E-state index contributed by atoms with van der Waals surface area (Å²) in [7, 11) is 1.88. The van der Waals surface area contributed by atoms with Crippen molar-refractivity contribution in [2.45, 2.75) is 32.8 Å². The molecule has 0 atom stereocenters. The number of ether oxygens (including phenoxy) is 1. The van der Waals surface area contributed by atoms with Gasteiger partial charge in [-0.15, -0.1) is 0 Å². The molecule has 1 aromatic rings. The van der Waals surface area contributed by atoms with E-state index in [9.17, 15) is 4.79 Å². The third-order valence-electron chi connectivity index (χ3n) is 1.87. The van der Waals surface area contributed by atoms with Crippen LogP contribution in [0.2, 0.25) is 0 Å². The molecule has 90 valence electrons. The predicted octanol–water partition coefficient (Wildman–Crippen LogP) is 1.43. The van der Waals surface area contributed by atoms with E-state index in [0.29, 0.717) is 0 Å². The molecular weight excluding hydrogens is 206 g/mol. The molecule has 0 fully saturated rings. The largest absolute Gasteiger partial charge is 0.443 e. The highest BCUT2D eigenvalue weighted by Crippen LogP contribution is 2.09. The summed E-state index contributed by atoms with van der Waals surface area (Å²) in [5, 5.41) is 3.03. The van der Waals surface area contributed by atoms with E-state index >= 15 is 0 Å². The van der Waals surface area contributed by atoms with Gasteiger partial charge in [0.2, 0.25) is 0 Å². The molecule has 1 aromatic heterocycles. The Labute approximate surface area is 95.8 Å². The number of hydrogen-bond acceptors (Lipinski definition) is 4. The molecule has 0 aliphatic carbocycles. The summed E-state index contributed by atoms with van der Waals surface area (Å²) in [6.07, 6.45) is 3.59. The second kappa shape index (κ2) is 5.12. The molecule has 1 heterocycles. The SMILES string of the molecule is CNCCc1cn(C(=O)OC(C)(C)C)cn1. The van der Waals surface area contributed by atoms with Gasteiger partial charge in [0, 0.05) is 19.2 Å². The molecule has 0 bridgehead atoms. The summed E-state index contributed by atoms with van der Waals surface area (Å²) < 4.78 is 6.58. The predicted molar refractivity (Wildman–Crippen MR) is 61.5 cm³/mol. The van der Waals surface area contributed by atoms with Gasteiger partial charge in [0.25, 0.3) is 0 Å². The number of likely N-dealkylation sites (N-methyl/N-ethyl adjacent to an activating group) is 1. The van der Waals surface area contributed by atoms with Crippen molar-refractivity contribution in [2.24, 2.45) is 0 Å². The summed E-state index contributed by atoms with van der Waals surface area (Å²) >= 11 is 0. The van der Waals surface area contributed by atoms with Crippen LogP contribution in [0.5, 0.6) is 0 Å². The first kappa shape index (κ1) is 12.7. The van der Waals surface area contributed by atoms with Gasteiger partial charge in [-0.1, -0.05) is 0 Å². The maximum atomic E-state index is 11.6. The van der Waals surface area contributed by atoms with Gasteiger partial charge in [0.1, 0.15) is 11.9 Å². The van der Waals surface area contributed by atoms with Crippen LogP contribution in [-0.2, 0) is 11.2 Å². The van der Waals surface area contributed by atoms with Crippen molar-refractivity contribution in [1.82, 2.24) is 14.9 Å². The van der Waals surface area contributed by atoms with Crippen molar-refractivity contribution in [3.63, 3.8) is 0 Å². The van der Waals surface area contributed by atoms with Crippen molar-refractivity contribution in [3.05, 3.63) is 18.2 Å². The van der Waals surface area contributed by atoms with E-state index in [0.717, 1.165) is 18.7 Å². The van der Waals surface area contributed by atoms with Crippen LogP contribution in [-0.4, -0.2) is 34.8 Å². The van der Waals surface area contributed by atoms with E-state index < -0.39 is 11.7 Å². The van der Waals surface area contributed by atoms with Crippen LogP contribution >= 0.6 is 0 Å². The molecule has 0 radical (unpaired) electrons. The Balaban J connectivity index is 2.60. The Hall–Kier alpha value is -1.36. The highest BCUT2D eigenvalue weighted by atomic mass is 16.6. The number of nitrogens with zero attached hydrogens (tertiary/aromatic N) is 2. The zero-order valence-corrected chi connectivity index (χ0v) is 10.3. The van der Waals surface area contributed by atoms with Crippen molar-refractivity contribution in [1.29, 1.82) is 0 Å². The van der Waals surface area contributed by atoms with Gasteiger partial charge in [-0.3, -0.25) is 0 Å². The lowest BCUT2D eigenvalue weighted by Gasteiger charge is -2.19. The molecule has 0 aromatic carbocycles. The number of carbonyl (C=O) groups is 1. The highest BCUT2D eigenvalue weighted by Gasteiger charge is 2.17. The highest BCUT2D eigenvalue weighted by molar-refractivity contribution is 5.70. The smallest absolute Gasteiger partial charge is 0.419 e. The molecule has 1 N–H and O–H groups in total. The lowest BCUT2D eigenvalue weighted by atomic mass is 10.2. The first-order chi connectivity index (χ1) is 7.42. The summed E-state index contributed by atoms with van der Waals surface area (Å²) in [4.78, 5) is 15.8. The van der Waals surface area contributed by atoms with E-state index in [1.54, 1.807) is 6.20 Å². The number of hydrogen-bond donors (Lipinski definition) is 1. The second-order valence-electron chi connectivity index (χ2n) is 4.61. The van der Waals surface area contributed by atoms with E-state index in [1.807, 2.05) is 27.8 Å². The van der Waals surface area contributed by atoms with Crippen LogP contribution in [0.3, 0.4) is 0 Å². The number of carbonyl (C=O) groups excluding carboxylic acids is 1. The number of nitrogens with one attached hydrogen (secondary N) is 1. The third kappa shape index (κ3) is 4.02. The monoisotopic (exact) mass is 225 g/mol. The molecule has 0 amide bonds. The van der Waals surface area contributed by atoms with Crippen LogP contribution in [0.1, 0.15) is 26.5 Å². The van der Waals surface area contributed by atoms with Crippen molar-refractivity contribution >= 4 is 6.09 Å². The van der Waals surface area contributed by atoms with Gasteiger partial charge >= 0.3 is 6.09 Å². The molecule has 0 saturated carbocycles. The van der Waals surface area contributed by atoms with Crippen LogP contribution in [0.4, 0.5) is 4.79 Å². The van der Waals surface area contributed by atoms with Crippen LogP contribution in [0, 0.1) is 0 Å². The zero-order valence-electron chi connectivity index (χ0n) is 10.3. The summed E-state index contributed by atoms with van der Waals surface area (Å²) in [6, 6.07) is 0. The van der Waals surface area contributed by atoms with Crippen LogP contribution in [0.15, 0.2) is 12.5 Å². The van der Waals surface area contributed by atoms with E-state index in [-0.39, 0.29) is 0 Å². The van der Waals surface area contributed by atoms with E-state index in [4.69, 9.17) is 4.74 Å². The van der Waals surface area contributed by atoms with Gasteiger partial charge in [-0.25, -0.2) is 14.3 Å². The van der Waals surface area contributed by atoms with E-state index in [2.05, 4.69) is 10.3 Å². The molecule has 0 spiro atoms. The summed E-state index contributed by atoms with van der Waals surface area (Å²) in [6.45, 7) is 6.35. The van der Waals surface area contributed by atoms with Crippen molar-refractivity contribution in [2.75, 3.05) is 13.6 Å². The quantitative estimate of drug-likeness (QED) is 0.845. The Kier molecular flexibility index (Phi) is 4.06. The van der Waals surface area contributed by atoms with Gasteiger partial charge in [0.15, 0.2) is 0 Å². The minimum Gasteiger partial charge on any atom is -0.443 e. The summed E-state index contributed by atoms with van der Waals surface area (Å²) in [5.74, 6) is 0. The average Bonchev–Trinajstić information content (AvgIpc) is 2.60. The Morgan fingerprint density at radius 3 is 2.81 bits per heavy atom. The molecule has 0 saturated heterocycles. The Morgan fingerprint density at radius 1 is 1.56 bits per heavy atom. The van der Waals surface area contributed by atoms with Crippen LogP contribution < -0.4 is 5.32 Å². The minimum atomic E-state index is -0.480. The number of imidazole rings is 1. The molecule has 5 heteroatoms. The molecule has 0 aliphatic heterocycles. The standard InChI is InChI=1S/C11H19N3O2/c1-11(2,3)16-10(15)14-7-9(13-8-14)5-6-12-4/h7-8,12H,5-6H2,1-4H3. The van der Waals surface area contributed by atoms with Gasteiger partial charge in [0.05, 0.1) is 5.69 Å². The van der Waals surface area contributed by atoms with Gasteiger partial charge in [-0.2, -0.15) is 0 Å². The third-order valence-corrected chi connectivity index (χ3v) is 1.87. The Morgan fingerprint density at radius 2 is 2.25 bits per heavy atom. The minimum absolute atomic E-state index is 0.393. The maximum absolute atomic E-state index is 11.6. The fraction of sp³-hybridized carbons (Fsp3) is 0.636. The Bertz CT molecular complexity index is 352. The van der Waals surface area contributed by atoms with Crippen LogP contribution in [0.25, 0.3) is 0 Å². The molecular formula is C11H19N3O2. The molecule has 1 rings (SSSR count). The molecule has 16 heavy (non-hydrogen) atoms.